The van der Waals surface area contributed by atoms with Crippen molar-refractivity contribution in [3.8, 4) is 0 Å². The maximum atomic E-state index is 12.0. The second-order valence-electron chi connectivity index (χ2n) is 5.27. The van der Waals surface area contributed by atoms with Gasteiger partial charge in [0, 0.05) is 21.5 Å². The third-order valence-corrected chi connectivity index (χ3v) is 4.65. The van der Waals surface area contributed by atoms with Crippen LogP contribution in [0.15, 0.2) is 40.5 Å². The molecule has 2 N–H and O–H groups in total. The molecule has 112 valence electrons. The van der Waals surface area contributed by atoms with Gasteiger partial charge in [-0.25, -0.2) is 0 Å². The first-order chi connectivity index (χ1) is 10.5. The molecule has 0 atom stereocenters. The molecule has 4 nitrogen and oxygen atoms in total. The fourth-order valence-electron chi connectivity index (χ4n) is 2.42. The molecule has 0 spiro atoms. The molecule has 0 aliphatic heterocycles. The van der Waals surface area contributed by atoms with E-state index in [0.717, 1.165) is 26.9 Å². The van der Waals surface area contributed by atoms with Gasteiger partial charge in [-0.2, -0.15) is 0 Å². The Kier molecular flexibility index (Phi) is 3.81. The number of thiophene rings is 1. The molecule has 0 saturated heterocycles. The Bertz CT molecular complexity index is 895. The molecule has 1 amide bonds. The first-order valence-electron chi connectivity index (χ1n) is 7.00. The van der Waals surface area contributed by atoms with Gasteiger partial charge in [0.2, 0.25) is 5.91 Å². The molecule has 0 saturated carbocycles. The number of fused-ring (bicyclic) bond motifs is 1. The van der Waals surface area contributed by atoms with Crippen molar-refractivity contribution in [2.24, 2.45) is 0 Å². The first-order valence-corrected chi connectivity index (χ1v) is 7.88. The van der Waals surface area contributed by atoms with Crippen LogP contribution in [-0.4, -0.2) is 10.9 Å². The summed E-state index contributed by atoms with van der Waals surface area (Å²) in [6.07, 6.45) is 0.360. The molecule has 1 aromatic carbocycles. The smallest absolute Gasteiger partial charge is 0.251 e. The van der Waals surface area contributed by atoms with Crippen LogP contribution < -0.4 is 10.9 Å². The molecular weight excluding hydrogens is 296 g/mol. The fourth-order valence-corrected chi connectivity index (χ4v) is 3.12. The van der Waals surface area contributed by atoms with Gasteiger partial charge >= 0.3 is 0 Å². The van der Waals surface area contributed by atoms with Crippen molar-refractivity contribution in [1.29, 1.82) is 0 Å². The summed E-state index contributed by atoms with van der Waals surface area (Å²) in [5.74, 6) is -0.0621. The Morgan fingerprint density at radius 3 is 2.77 bits per heavy atom. The van der Waals surface area contributed by atoms with Crippen molar-refractivity contribution in [2.75, 3.05) is 5.32 Å². The van der Waals surface area contributed by atoms with Crippen molar-refractivity contribution in [3.63, 3.8) is 0 Å². The Balaban J connectivity index is 1.87. The predicted octanol–water partition coefficient (Wildman–Crippen LogP) is 3.39. The van der Waals surface area contributed by atoms with E-state index in [9.17, 15) is 9.59 Å². The number of hydrogen-bond donors (Lipinski definition) is 2. The Morgan fingerprint density at radius 1 is 1.23 bits per heavy atom. The second-order valence-corrected chi connectivity index (χ2v) is 6.30. The minimum absolute atomic E-state index is 0.0621. The lowest BCUT2D eigenvalue weighted by molar-refractivity contribution is -0.115. The number of aryl methyl sites for hydroxylation is 1. The molecule has 3 rings (SSSR count). The highest BCUT2D eigenvalue weighted by molar-refractivity contribution is 7.10. The average Bonchev–Trinajstić information content (AvgIpc) is 2.97. The highest BCUT2D eigenvalue weighted by Gasteiger charge is 2.08. The first kappa shape index (κ1) is 14.5. The number of amides is 1. The molecule has 0 aliphatic rings. The number of benzene rings is 1. The van der Waals surface area contributed by atoms with Gasteiger partial charge in [-0.3, -0.25) is 9.59 Å². The van der Waals surface area contributed by atoms with E-state index in [4.69, 9.17) is 0 Å². The van der Waals surface area contributed by atoms with E-state index in [-0.39, 0.29) is 11.5 Å². The maximum Gasteiger partial charge on any atom is 0.251 e. The van der Waals surface area contributed by atoms with Gasteiger partial charge in [0.15, 0.2) is 0 Å². The van der Waals surface area contributed by atoms with Crippen LogP contribution in [0, 0.1) is 13.8 Å². The Morgan fingerprint density at radius 2 is 2.05 bits per heavy atom. The van der Waals surface area contributed by atoms with Gasteiger partial charge < -0.3 is 10.3 Å². The number of aromatic amines is 1. The Labute approximate surface area is 131 Å². The fraction of sp³-hybridized carbons (Fsp3) is 0.176. The molecule has 5 heteroatoms. The van der Waals surface area contributed by atoms with E-state index >= 15 is 0 Å². The zero-order valence-corrected chi connectivity index (χ0v) is 13.2. The predicted molar refractivity (Wildman–Crippen MR) is 90.7 cm³/mol. The van der Waals surface area contributed by atoms with E-state index in [0.29, 0.717) is 12.1 Å². The van der Waals surface area contributed by atoms with E-state index in [1.165, 1.54) is 0 Å². The lowest BCUT2D eigenvalue weighted by atomic mass is 10.1. The molecule has 0 fully saturated rings. The van der Waals surface area contributed by atoms with E-state index in [1.807, 2.05) is 43.5 Å². The average molecular weight is 312 g/mol. The van der Waals surface area contributed by atoms with Gasteiger partial charge in [-0.15, -0.1) is 11.3 Å². The lowest BCUT2D eigenvalue weighted by Crippen LogP contribution is -2.14. The number of pyridine rings is 1. The summed E-state index contributed by atoms with van der Waals surface area (Å²) in [5, 5.41) is 5.82. The van der Waals surface area contributed by atoms with Crippen molar-refractivity contribution in [1.82, 2.24) is 4.98 Å². The molecule has 3 aromatic rings. The number of hydrogen-bond acceptors (Lipinski definition) is 3. The Hall–Kier alpha value is -2.40. The summed E-state index contributed by atoms with van der Waals surface area (Å²) in [4.78, 5) is 27.8. The molecule has 0 unspecified atom stereocenters. The van der Waals surface area contributed by atoms with Crippen LogP contribution in [0.2, 0.25) is 0 Å². The molecular formula is C17H16N2O2S. The van der Waals surface area contributed by atoms with Crippen LogP contribution >= 0.6 is 11.3 Å². The number of carbonyl (C=O) groups is 1. The summed E-state index contributed by atoms with van der Waals surface area (Å²) >= 11 is 1.56. The standard InChI is InChI=1S/C17H16N2O2S/c1-10-11(2)17(21)19-15-8-12(5-6-14(10)15)18-16(20)9-13-4-3-7-22-13/h3-8H,9H2,1-2H3,(H,18,20)(H,19,21). The topological polar surface area (TPSA) is 62.0 Å². The zero-order valence-electron chi connectivity index (χ0n) is 12.4. The van der Waals surface area contributed by atoms with Crippen LogP contribution in [-0.2, 0) is 11.2 Å². The summed E-state index contributed by atoms with van der Waals surface area (Å²) in [6.45, 7) is 3.74. The molecule has 22 heavy (non-hydrogen) atoms. The second kappa shape index (κ2) is 5.77. The minimum atomic E-state index is -0.0907. The maximum absolute atomic E-state index is 12.0. The van der Waals surface area contributed by atoms with Gasteiger partial charge in [-0.05, 0) is 43.0 Å². The third kappa shape index (κ3) is 2.80. The zero-order chi connectivity index (χ0) is 15.7. The largest absolute Gasteiger partial charge is 0.326 e. The minimum Gasteiger partial charge on any atom is -0.326 e. The van der Waals surface area contributed by atoms with Gasteiger partial charge in [-0.1, -0.05) is 12.1 Å². The monoisotopic (exact) mass is 312 g/mol. The number of carbonyl (C=O) groups excluding carboxylic acids is 1. The van der Waals surface area contributed by atoms with Crippen molar-refractivity contribution in [2.45, 2.75) is 20.3 Å². The number of aromatic nitrogens is 1. The van der Waals surface area contributed by atoms with Crippen molar-refractivity contribution in [3.05, 3.63) is 62.1 Å². The molecule has 0 aliphatic carbocycles. The van der Waals surface area contributed by atoms with Gasteiger partial charge in [0.05, 0.1) is 11.9 Å². The number of anilines is 1. The van der Waals surface area contributed by atoms with E-state index in [2.05, 4.69) is 10.3 Å². The third-order valence-electron chi connectivity index (χ3n) is 3.77. The number of rotatable bonds is 3. The molecule has 2 heterocycles. The van der Waals surface area contributed by atoms with Crippen molar-refractivity contribution < 1.29 is 4.79 Å². The van der Waals surface area contributed by atoms with Crippen LogP contribution in [0.5, 0.6) is 0 Å². The summed E-state index contributed by atoms with van der Waals surface area (Å²) in [5.41, 5.74) is 3.03. The van der Waals surface area contributed by atoms with Gasteiger partial charge in [0.1, 0.15) is 0 Å². The van der Waals surface area contributed by atoms with Crippen LogP contribution in [0.3, 0.4) is 0 Å². The molecule has 0 radical (unpaired) electrons. The van der Waals surface area contributed by atoms with Crippen LogP contribution in [0.4, 0.5) is 5.69 Å². The highest BCUT2D eigenvalue weighted by Crippen LogP contribution is 2.21. The van der Waals surface area contributed by atoms with Gasteiger partial charge in [0.25, 0.3) is 5.56 Å². The lowest BCUT2D eigenvalue weighted by Gasteiger charge is -2.09. The summed E-state index contributed by atoms with van der Waals surface area (Å²) in [7, 11) is 0. The quantitative estimate of drug-likeness (QED) is 0.778. The summed E-state index contributed by atoms with van der Waals surface area (Å²) in [6, 6.07) is 9.46. The summed E-state index contributed by atoms with van der Waals surface area (Å²) < 4.78 is 0. The van der Waals surface area contributed by atoms with E-state index < -0.39 is 0 Å². The number of H-pyrrole nitrogens is 1. The van der Waals surface area contributed by atoms with Crippen LogP contribution in [0.1, 0.15) is 16.0 Å². The SMILES string of the molecule is Cc1c(C)c2ccc(NC(=O)Cc3cccs3)cc2[nH]c1=O. The van der Waals surface area contributed by atoms with E-state index in [1.54, 1.807) is 17.4 Å². The normalized spacial score (nSPS) is 10.8. The van der Waals surface area contributed by atoms with Crippen molar-refractivity contribution >= 4 is 33.8 Å². The molecule has 2 aromatic heterocycles. The molecule has 0 bridgehead atoms. The highest BCUT2D eigenvalue weighted by atomic mass is 32.1. The van der Waals surface area contributed by atoms with Crippen LogP contribution in [0.25, 0.3) is 10.9 Å². The number of nitrogens with one attached hydrogen (secondary N) is 2.